The fourth-order valence-electron chi connectivity index (χ4n) is 0.623. The minimum Gasteiger partial charge on any atom is -0.368 e. The molecule has 13 heavy (non-hydrogen) atoms. The van der Waals surface area contributed by atoms with E-state index in [2.05, 4.69) is 4.74 Å². The monoisotopic (exact) mass is 194 g/mol. The zero-order valence-corrected chi connectivity index (χ0v) is 8.73. The van der Waals surface area contributed by atoms with Crippen LogP contribution in [0.5, 0.6) is 0 Å². The second kappa shape index (κ2) is 11.8. The van der Waals surface area contributed by atoms with Gasteiger partial charge in [-0.1, -0.05) is 26.7 Å². The maximum Gasteiger partial charge on any atom is 0.154 e. The normalized spacial score (nSPS) is 12.2. The van der Waals surface area contributed by atoms with Crippen molar-refractivity contribution in [1.82, 2.24) is 0 Å². The molecule has 1 atom stereocenters. The molecule has 0 spiro atoms. The first-order chi connectivity index (χ1) is 6.08. The number of aliphatic hydroxyl groups is 3. The first kappa shape index (κ1) is 15.3. The van der Waals surface area contributed by atoms with E-state index < -0.39 is 12.6 Å². The molecule has 0 saturated carbocycles. The smallest absolute Gasteiger partial charge is 0.154 e. The van der Waals surface area contributed by atoms with E-state index in [4.69, 9.17) is 15.3 Å². The van der Waals surface area contributed by atoms with Gasteiger partial charge in [0.15, 0.2) is 12.6 Å². The van der Waals surface area contributed by atoms with Crippen LogP contribution in [0.25, 0.3) is 0 Å². The minimum absolute atomic E-state index is 0.486. The first-order valence-electron chi connectivity index (χ1n) is 4.65. The predicted octanol–water partition coefficient (Wildman–Crippen LogP) is 0.849. The number of rotatable bonds is 5. The summed E-state index contributed by atoms with van der Waals surface area (Å²) in [5, 5.41) is 24.9. The van der Waals surface area contributed by atoms with Gasteiger partial charge >= 0.3 is 0 Å². The molecule has 4 heteroatoms. The standard InChI is InChI=1S/C5H12O2.C4H10O2/c1-3-4-5(6)7-2;1-2-3-4(5)6/h5-6H,3-4H2,1-2H3;4-6H,2-3H2,1H3. The van der Waals surface area contributed by atoms with E-state index >= 15 is 0 Å². The van der Waals surface area contributed by atoms with Gasteiger partial charge in [-0.15, -0.1) is 0 Å². The van der Waals surface area contributed by atoms with Gasteiger partial charge in [0.1, 0.15) is 0 Å². The summed E-state index contributed by atoms with van der Waals surface area (Å²) in [7, 11) is 1.50. The van der Waals surface area contributed by atoms with Crippen LogP contribution in [0.3, 0.4) is 0 Å². The molecule has 1 unspecified atom stereocenters. The van der Waals surface area contributed by atoms with Crippen LogP contribution in [0.1, 0.15) is 39.5 Å². The lowest BCUT2D eigenvalue weighted by Crippen LogP contribution is -2.06. The molecular weight excluding hydrogens is 172 g/mol. The highest BCUT2D eigenvalue weighted by Gasteiger charge is 1.94. The highest BCUT2D eigenvalue weighted by atomic mass is 16.6. The highest BCUT2D eigenvalue weighted by molar-refractivity contribution is 4.34. The summed E-state index contributed by atoms with van der Waals surface area (Å²) in [6, 6.07) is 0. The Bertz CT molecular complexity index is 85.7. The molecule has 82 valence electrons. The Kier molecular flexibility index (Phi) is 14.0. The molecule has 0 aliphatic carbocycles. The molecule has 0 bridgehead atoms. The van der Waals surface area contributed by atoms with E-state index in [0.29, 0.717) is 6.42 Å². The molecule has 0 rings (SSSR count). The molecule has 3 N–H and O–H groups in total. The van der Waals surface area contributed by atoms with Gasteiger partial charge in [0.2, 0.25) is 0 Å². The SMILES string of the molecule is CCCC(O)O.CCCC(O)OC. The average molecular weight is 194 g/mol. The van der Waals surface area contributed by atoms with E-state index in [1.165, 1.54) is 7.11 Å². The lowest BCUT2D eigenvalue weighted by Gasteiger charge is -2.03. The lowest BCUT2D eigenvalue weighted by molar-refractivity contribution is -0.0783. The molecule has 4 nitrogen and oxygen atoms in total. The second-order valence-corrected chi connectivity index (χ2v) is 2.75. The number of ether oxygens (including phenoxy) is 1. The quantitative estimate of drug-likeness (QED) is 0.567. The molecule has 0 fully saturated rings. The van der Waals surface area contributed by atoms with Gasteiger partial charge in [0, 0.05) is 7.11 Å². The van der Waals surface area contributed by atoms with Gasteiger partial charge in [0.25, 0.3) is 0 Å². The first-order valence-corrected chi connectivity index (χ1v) is 4.65. The molecule has 0 aromatic carbocycles. The van der Waals surface area contributed by atoms with Gasteiger partial charge < -0.3 is 20.1 Å². The molecular formula is C9H22O4. The van der Waals surface area contributed by atoms with Crippen molar-refractivity contribution in [1.29, 1.82) is 0 Å². The molecule has 0 heterocycles. The average Bonchev–Trinajstić information content (AvgIpc) is 2.05. The summed E-state index contributed by atoms with van der Waals surface area (Å²) in [6.07, 6.45) is 1.36. The Morgan fingerprint density at radius 1 is 1.00 bits per heavy atom. The van der Waals surface area contributed by atoms with Crippen molar-refractivity contribution >= 4 is 0 Å². The van der Waals surface area contributed by atoms with Crippen LogP contribution in [-0.2, 0) is 4.74 Å². The maximum atomic E-state index is 8.64. The lowest BCUT2D eigenvalue weighted by atomic mass is 10.3. The van der Waals surface area contributed by atoms with Gasteiger partial charge in [-0.3, -0.25) is 0 Å². The second-order valence-electron chi connectivity index (χ2n) is 2.75. The number of methoxy groups -OCH3 is 1. The molecule has 0 amide bonds. The van der Waals surface area contributed by atoms with Crippen molar-refractivity contribution in [3.63, 3.8) is 0 Å². The summed E-state index contributed by atoms with van der Waals surface area (Å²) in [5.41, 5.74) is 0. The topological polar surface area (TPSA) is 69.9 Å². The predicted molar refractivity (Wildman–Crippen MR) is 51.1 cm³/mol. The van der Waals surface area contributed by atoms with Crippen LogP contribution in [-0.4, -0.2) is 35.0 Å². The number of hydrogen-bond acceptors (Lipinski definition) is 4. The molecule has 0 aromatic heterocycles. The fourth-order valence-corrected chi connectivity index (χ4v) is 0.623. The number of aliphatic hydroxyl groups excluding tert-OH is 2. The number of hydrogen-bond donors (Lipinski definition) is 3. The highest BCUT2D eigenvalue weighted by Crippen LogP contribution is 1.93. The van der Waals surface area contributed by atoms with Crippen molar-refractivity contribution in [3.05, 3.63) is 0 Å². The van der Waals surface area contributed by atoms with Crippen LogP contribution < -0.4 is 0 Å². The molecule has 0 radical (unpaired) electrons. The molecule has 0 aliphatic heterocycles. The molecule has 0 aromatic rings. The summed E-state index contributed by atoms with van der Waals surface area (Å²) < 4.78 is 4.55. The minimum atomic E-state index is -1.10. The van der Waals surface area contributed by atoms with Crippen molar-refractivity contribution in [2.24, 2.45) is 0 Å². The summed E-state index contributed by atoms with van der Waals surface area (Å²) in [5.74, 6) is 0. The van der Waals surface area contributed by atoms with Gasteiger partial charge in [-0.25, -0.2) is 0 Å². The van der Waals surface area contributed by atoms with Crippen molar-refractivity contribution in [2.45, 2.75) is 52.1 Å². The Morgan fingerprint density at radius 2 is 1.46 bits per heavy atom. The van der Waals surface area contributed by atoms with Crippen LogP contribution in [0.15, 0.2) is 0 Å². The molecule has 0 aliphatic rings. The Hall–Kier alpha value is -0.160. The maximum absolute atomic E-state index is 8.64. The van der Waals surface area contributed by atoms with Crippen molar-refractivity contribution in [3.8, 4) is 0 Å². The van der Waals surface area contributed by atoms with Gasteiger partial charge in [0.05, 0.1) is 0 Å². The Labute approximate surface area is 80.2 Å². The van der Waals surface area contributed by atoms with Crippen molar-refractivity contribution < 1.29 is 20.1 Å². The third-order valence-corrected chi connectivity index (χ3v) is 1.35. The Morgan fingerprint density at radius 3 is 1.54 bits per heavy atom. The van der Waals surface area contributed by atoms with Crippen LogP contribution in [0.4, 0.5) is 0 Å². The van der Waals surface area contributed by atoms with Gasteiger partial charge in [-0.05, 0) is 12.8 Å². The van der Waals surface area contributed by atoms with E-state index in [-0.39, 0.29) is 0 Å². The fraction of sp³-hybridized carbons (Fsp3) is 1.00. The zero-order chi connectivity index (χ0) is 10.7. The van der Waals surface area contributed by atoms with E-state index in [9.17, 15) is 0 Å². The summed E-state index contributed by atoms with van der Waals surface area (Å²) in [6.45, 7) is 3.90. The largest absolute Gasteiger partial charge is 0.368 e. The van der Waals surface area contributed by atoms with Gasteiger partial charge in [-0.2, -0.15) is 0 Å². The van der Waals surface area contributed by atoms with Crippen LogP contribution in [0.2, 0.25) is 0 Å². The van der Waals surface area contributed by atoms with Crippen molar-refractivity contribution in [2.75, 3.05) is 7.11 Å². The van der Waals surface area contributed by atoms with E-state index in [1.807, 2.05) is 13.8 Å². The van der Waals surface area contributed by atoms with Crippen LogP contribution in [0, 0.1) is 0 Å². The zero-order valence-electron chi connectivity index (χ0n) is 8.73. The van der Waals surface area contributed by atoms with Crippen LogP contribution >= 0.6 is 0 Å². The summed E-state index contributed by atoms with van der Waals surface area (Å²) >= 11 is 0. The third-order valence-electron chi connectivity index (χ3n) is 1.35. The third kappa shape index (κ3) is 18.7. The summed E-state index contributed by atoms with van der Waals surface area (Å²) in [4.78, 5) is 0. The molecule has 0 saturated heterocycles. The van der Waals surface area contributed by atoms with E-state index in [0.717, 1.165) is 19.3 Å². The van der Waals surface area contributed by atoms with E-state index in [1.54, 1.807) is 0 Å². The Balaban J connectivity index is 0.